The highest BCUT2D eigenvalue weighted by atomic mass is 32.2. The summed E-state index contributed by atoms with van der Waals surface area (Å²) in [5.41, 5.74) is 0.662. The molecule has 5 heteroatoms. The molecule has 1 aromatic carbocycles. The summed E-state index contributed by atoms with van der Waals surface area (Å²) in [6.45, 7) is 7.66. The zero-order valence-electron chi connectivity index (χ0n) is 14.7. The van der Waals surface area contributed by atoms with E-state index < -0.39 is 16.4 Å². The minimum absolute atomic E-state index is 0.00278. The Morgan fingerprint density at radius 2 is 1.88 bits per heavy atom. The number of nitrogens with zero attached hydrogens (tertiary/aromatic N) is 1. The summed E-state index contributed by atoms with van der Waals surface area (Å²) < 4.78 is 18.4. The van der Waals surface area contributed by atoms with E-state index in [2.05, 4.69) is 0 Å². The first-order chi connectivity index (χ1) is 11.2. The minimum atomic E-state index is -1.14. The van der Waals surface area contributed by atoms with Crippen LogP contribution in [-0.4, -0.2) is 32.9 Å². The van der Waals surface area contributed by atoms with Crippen molar-refractivity contribution >= 4 is 16.9 Å². The van der Waals surface area contributed by atoms with Gasteiger partial charge < -0.3 is 4.74 Å². The molecule has 0 spiro atoms. The summed E-state index contributed by atoms with van der Waals surface area (Å²) in [4.78, 5) is 16.1. The first kappa shape index (κ1) is 17.2. The van der Waals surface area contributed by atoms with Crippen LogP contribution in [0.4, 0.5) is 4.79 Å². The number of carbonyl (C=O) groups excluding carboxylic acids is 1. The topological polar surface area (TPSA) is 46.6 Å². The molecule has 1 saturated heterocycles. The van der Waals surface area contributed by atoms with Crippen LogP contribution in [0.2, 0.25) is 0 Å². The fourth-order valence-electron chi connectivity index (χ4n) is 3.34. The number of hydrogen-bond donors (Lipinski definition) is 0. The lowest BCUT2D eigenvalue weighted by Crippen LogP contribution is -2.46. The quantitative estimate of drug-likeness (QED) is 0.807. The molecule has 130 valence electrons. The fourth-order valence-corrected chi connectivity index (χ4v) is 4.65. The first-order valence-corrected chi connectivity index (χ1v) is 9.60. The molecule has 2 aliphatic heterocycles. The molecule has 1 aromatic rings. The molecule has 3 rings (SSSR count). The predicted octanol–water partition coefficient (Wildman–Crippen LogP) is 4.16. The van der Waals surface area contributed by atoms with E-state index in [4.69, 9.17) is 4.74 Å². The number of amides is 1. The summed E-state index contributed by atoms with van der Waals surface area (Å²) in [6, 6.07) is 7.92. The van der Waals surface area contributed by atoms with Crippen LogP contribution in [0.1, 0.15) is 45.6 Å². The molecule has 2 aliphatic rings. The predicted molar refractivity (Wildman–Crippen MR) is 95.2 cm³/mol. The Morgan fingerprint density at radius 1 is 1.21 bits per heavy atom. The maximum absolute atomic E-state index is 12.8. The van der Waals surface area contributed by atoms with Gasteiger partial charge in [-0.1, -0.05) is 17.7 Å². The third-order valence-electron chi connectivity index (χ3n) is 4.44. The van der Waals surface area contributed by atoms with Crippen molar-refractivity contribution in [3.8, 4) is 0 Å². The van der Waals surface area contributed by atoms with Crippen molar-refractivity contribution in [3.05, 3.63) is 40.8 Å². The van der Waals surface area contributed by atoms with Gasteiger partial charge in [-0.05, 0) is 58.7 Å². The number of carbonyl (C=O) groups is 1. The second-order valence-corrected chi connectivity index (χ2v) is 9.14. The van der Waals surface area contributed by atoms with Gasteiger partial charge in [-0.15, -0.1) is 0 Å². The van der Waals surface area contributed by atoms with Crippen molar-refractivity contribution in [2.24, 2.45) is 0 Å². The van der Waals surface area contributed by atoms with Crippen molar-refractivity contribution < 1.29 is 13.7 Å². The lowest BCUT2D eigenvalue weighted by molar-refractivity contribution is 0.0170. The third-order valence-corrected chi connectivity index (χ3v) is 5.92. The molecule has 0 aliphatic carbocycles. The van der Waals surface area contributed by atoms with Gasteiger partial charge in [0.1, 0.15) is 5.60 Å². The average Bonchev–Trinajstić information content (AvgIpc) is 2.76. The van der Waals surface area contributed by atoms with E-state index in [0.29, 0.717) is 6.42 Å². The Hall–Kier alpha value is -1.62. The molecule has 4 nitrogen and oxygen atoms in total. The van der Waals surface area contributed by atoms with Gasteiger partial charge in [-0.2, -0.15) is 0 Å². The van der Waals surface area contributed by atoms with Crippen LogP contribution in [0.5, 0.6) is 0 Å². The van der Waals surface area contributed by atoms with Gasteiger partial charge in [0.15, 0.2) is 0 Å². The molecule has 3 atom stereocenters. The second kappa shape index (κ2) is 6.36. The van der Waals surface area contributed by atoms with E-state index >= 15 is 0 Å². The molecule has 2 heterocycles. The monoisotopic (exact) mass is 347 g/mol. The van der Waals surface area contributed by atoms with Crippen LogP contribution in [0.25, 0.3) is 0 Å². The van der Waals surface area contributed by atoms with Crippen molar-refractivity contribution in [2.75, 3.05) is 0 Å². The zero-order valence-corrected chi connectivity index (χ0v) is 15.6. The summed E-state index contributed by atoms with van der Waals surface area (Å²) >= 11 is 0. The number of aryl methyl sites for hydroxylation is 1. The average molecular weight is 347 g/mol. The Morgan fingerprint density at radius 3 is 2.46 bits per heavy atom. The van der Waals surface area contributed by atoms with Crippen LogP contribution < -0.4 is 0 Å². The third kappa shape index (κ3) is 3.56. The van der Waals surface area contributed by atoms with Gasteiger partial charge in [-0.3, -0.25) is 4.90 Å². The molecular formula is C19H25NO3S. The summed E-state index contributed by atoms with van der Waals surface area (Å²) in [5.74, 6) is 0. The SMILES string of the molecule is Cc1ccc([S@@](=O)C2=C[C@@H]3CC[C@H](C2)N3C(=O)OC(C)(C)C)cc1. The van der Waals surface area contributed by atoms with E-state index in [-0.39, 0.29) is 18.2 Å². The molecule has 0 unspecified atom stereocenters. The highest BCUT2D eigenvalue weighted by Gasteiger charge is 2.42. The Balaban J connectivity index is 1.78. The van der Waals surface area contributed by atoms with Crippen LogP contribution in [-0.2, 0) is 15.5 Å². The molecule has 1 amide bonds. The largest absolute Gasteiger partial charge is 0.444 e. The van der Waals surface area contributed by atoms with Crippen LogP contribution in [0, 0.1) is 6.92 Å². The number of rotatable bonds is 2. The summed E-state index contributed by atoms with van der Waals surface area (Å²) in [6.07, 6.45) is 4.28. The summed E-state index contributed by atoms with van der Waals surface area (Å²) in [5, 5.41) is 0. The Labute approximate surface area is 146 Å². The van der Waals surface area contributed by atoms with Crippen molar-refractivity contribution in [1.82, 2.24) is 4.90 Å². The standard InChI is InChI=1S/C19H25NO3S/c1-13-5-9-16(10-6-13)24(22)17-11-14-7-8-15(12-17)20(14)18(21)23-19(2,3)4/h5-6,9-11,14-15H,7-8,12H2,1-4H3/t14-,15+,24+/m0/s1. The first-order valence-electron chi connectivity index (χ1n) is 8.45. The van der Waals surface area contributed by atoms with E-state index in [1.165, 1.54) is 0 Å². The molecule has 2 bridgehead atoms. The van der Waals surface area contributed by atoms with E-state index in [1.807, 2.05) is 62.9 Å². The van der Waals surface area contributed by atoms with Gasteiger partial charge in [-0.25, -0.2) is 9.00 Å². The van der Waals surface area contributed by atoms with Crippen LogP contribution >= 0.6 is 0 Å². The van der Waals surface area contributed by atoms with Gasteiger partial charge in [0.2, 0.25) is 0 Å². The Bertz CT molecular complexity index is 688. The van der Waals surface area contributed by atoms with Gasteiger partial charge in [0.25, 0.3) is 0 Å². The molecule has 0 aromatic heterocycles. The minimum Gasteiger partial charge on any atom is -0.444 e. The highest BCUT2D eigenvalue weighted by molar-refractivity contribution is 7.89. The lowest BCUT2D eigenvalue weighted by atomic mass is 10.1. The van der Waals surface area contributed by atoms with Crippen LogP contribution in [0.15, 0.2) is 40.1 Å². The zero-order chi connectivity index (χ0) is 17.5. The van der Waals surface area contributed by atoms with E-state index in [1.54, 1.807) is 0 Å². The number of benzene rings is 1. The molecule has 1 fully saturated rings. The summed E-state index contributed by atoms with van der Waals surface area (Å²) in [7, 11) is -1.14. The van der Waals surface area contributed by atoms with E-state index in [9.17, 15) is 9.00 Å². The molecule has 24 heavy (non-hydrogen) atoms. The maximum Gasteiger partial charge on any atom is 0.411 e. The molecular weight excluding hydrogens is 322 g/mol. The van der Waals surface area contributed by atoms with Crippen molar-refractivity contribution in [2.45, 2.75) is 69.5 Å². The molecule has 0 N–H and O–H groups in total. The highest BCUT2D eigenvalue weighted by Crippen LogP contribution is 2.38. The van der Waals surface area contributed by atoms with Crippen molar-refractivity contribution in [1.29, 1.82) is 0 Å². The van der Waals surface area contributed by atoms with E-state index in [0.717, 1.165) is 28.2 Å². The normalized spacial score (nSPS) is 24.5. The molecule has 0 radical (unpaired) electrons. The van der Waals surface area contributed by atoms with Crippen LogP contribution in [0.3, 0.4) is 0 Å². The van der Waals surface area contributed by atoms with Gasteiger partial charge >= 0.3 is 6.09 Å². The van der Waals surface area contributed by atoms with Crippen molar-refractivity contribution in [3.63, 3.8) is 0 Å². The second-order valence-electron chi connectivity index (χ2n) is 7.61. The smallest absolute Gasteiger partial charge is 0.411 e. The number of fused-ring (bicyclic) bond motifs is 2. The molecule has 0 saturated carbocycles. The Kier molecular flexibility index (Phi) is 4.56. The van der Waals surface area contributed by atoms with Gasteiger partial charge in [0, 0.05) is 22.3 Å². The fraction of sp³-hybridized carbons (Fsp3) is 0.526. The lowest BCUT2D eigenvalue weighted by Gasteiger charge is -2.35. The number of ether oxygens (including phenoxy) is 1. The van der Waals surface area contributed by atoms with Gasteiger partial charge in [0.05, 0.1) is 16.8 Å². The number of hydrogen-bond acceptors (Lipinski definition) is 3. The maximum atomic E-state index is 12.8.